The normalized spacial score (nSPS) is 24.4. The lowest BCUT2D eigenvalue weighted by molar-refractivity contribution is -0.119. The Labute approximate surface area is 93.6 Å². The van der Waals surface area contributed by atoms with Crippen LogP contribution in [0.1, 0.15) is 41.4 Å². The molecule has 2 aliphatic rings. The maximum atomic E-state index is 11.7. The standard InChI is InChI=1S/C12H14N2O2/c15-11-3-1-2-10-9(11)4-5-14(10)8-6-12(16)13-7-8/h4-5,8H,1-3,6-7H2,(H,13,16). The Balaban J connectivity index is 1.97. The highest BCUT2D eigenvalue weighted by Crippen LogP contribution is 2.27. The van der Waals surface area contributed by atoms with Gasteiger partial charge in [-0.05, 0) is 18.9 Å². The Morgan fingerprint density at radius 3 is 2.94 bits per heavy atom. The molecule has 0 saturated carbocycles. The van der Waals surface area contributed by atoms with Gasteiger partial charge in [0.05, 0.1) is 6.04 Å². The van der Waals surface area contributed by atoms with Gasteiger partial charge < -0.3 is 9.88 Å². The molecule has 1 amide bonds. The van der Waals surface area contributed by atoms with Crippen molar-refractivity contribution in [2.24, 2.45) is 0 Å². The summed E-state index contributed by atoms with van der Waals surface area (Å²) < 4.78 is 2.12. The summed E-state index contributed by atoms with van der Waals surface area (Å²) in [7, 11) is 0. The number of amides is 1. The van der Waals surface area contributed by atoms with Crippen molar-refractivity contribution < 1.29 is 9.59 Å². The van der Waals surface area contributed by atoms with Gasteiger partial charge in [0.1, 0.15) is 0 Å². The second kappa shape index (κ2) is 3.47. The summed E-state index contributed by atoms with van der Waals surface area (Å²) in [5.41, 5.74) is 1.99. The van der Waals surface area contributed by atoms with Gasteiger partial charge >= 0.3 is 0 Å². The zero-order chi connectivity index (χ0) is 11.1. The van der Waals surface area contributed by atoms with E-state index in [1.54, 1.807) is 0 Å². The molecule has 4 nitrogen and oxygen atoms in total. The Kier molecular flexibility index (Phi) is 2.09. The number of carbonyl (C=O) groups is 2. The van der Waals surface area contributed by atoms with Crippen LogP contribution in [0, 0.1) is 0 Å². The first-order valence-electron chi connectivity index (χ1n) is 5.75. The van der Waals surface area contributed by atoms with E-state index in [0.717, 1.165) is 24.1 Å². The maximum absolute atomic E-state index is 11.7. The smallest absolute Gasteiger partial charge is 0.222 e. The molecule has 1 N–H and O–H groups in total. The molecule has 1 atom stereocenters. The zero-order valence-electron chi connectivity index (χ0n) is 9.03. The van der Waals surface area contributed by atoms with Crippen molar-refractivity contribution in [1.82, 2.24) is 9.88 Å². The number of fused-ring (bicyclic) bond motifs is 1. The van der Waals surface area contributed by atoms with Crippen molar-refractivity contribution in [1.29, 1.82) is 0 Å². The van der Waals surface area contributed by atoms with Gasteiger partial charge in [0.15, 0.2) is 5.78 Å². The van der Waals surface area contributed by atoms with Crippen molar-refractivity contribution >= 4 is 11.7 Å². The average molecular weight is 218 g/mol. The minimum absolute atomic E-state index is 0.106. The van der Waals surface area contributed by atoms with Gasteiger partial charge in [-0.2, -0.15) is 0 Å². The molecule has 84 valence electrons. The van der Waals surface area contributed by atoms with Gasteiger partial charge in [0.25, 0.3) is 0 Å². The van der Waals surface area contributed by atoms with Crippen LogP contribution in [0.3, 0.4) is 0 Å². The largest absolute Gasteiger partial charge is 0.354 e. The van der Waals surface area contributed by atoms with Crippen LogP contribution < -0.4 is 5.32 Å². The SMILES string of the molecule is O=C1CC(n2ccc3c2CCCC3=O)CN1. The monoisotopic (exact) mass is 218 g/mol. The highest BCUT2D eigenvalue weighted by atomic mass is 16.2. The topological polar surface area (TPSA) is 51.1 Å². The van der Waals surface area contributed by atoms with E-state index < -0.39 is 0 Å². The fourth-order valence-corrected chi connectivity index (χ4v) is 2.68. The molecule has 1 aliphatic heterocycles. The highest BCUT2D eigenvalue weighted by Gasteiger charge is 2.28. The summed E-state index contributed by atoms with van der Waals surface area (Å²) in [6.45, 7) is 0.689. The van der Waals surface area contributed by atoms with Crippen molar-refractivity contribution in [3.05, 3.63) is 23.5 Å². The summed E-state index contributed by atoms with van der Waals surface area (Å²) >= 11 is 0. The molecule has 0 bridgehead atoms. The minimum Gasteiger partial charge on any atom is -0.354 e. The Morgan fingerprint density at radius 1 is 1.31 bits per heavy atom. The van der Waals surface area contributed by atoms with Crippen molar-refractivity contribution in [2.45, 2.75) is 31.7 Å². The molecule has 1 saturated heterocycles. The van der Waals surface area contributed by atoms with Crippen LogP contribution in [0.5, 0.6) is 0 Å². The molecular weight excluding hydrogens is 204 g/mol. The van der Waals surface area contributed by atoms with Crippen molar-refractivity contribution in [2.75, 3.05) is 6.54 Å². The van der Waals surface area contributed by atoms with E-state index in [1.165, 1.54) is 0 Å². The number of hydrogen-bond acceptors (Lipinski definition) is 2. The zero-order valence-corrected chi connectivity index (χ0v) is 9.03. The molecule has 16 heavy (non-hydrogen) atoms. The summed E-state index contributed by atoms with van der Waals surface area (Å²) in [4.78, 5) is 22.9. The fraction of sp³-hybridized carbons (Fsp3) is 0.500. The molecule has 1 aliphatic carbocycles. The van der Waals surface area contributed by atoms with Crippen LogP contribution in [-0.4, -0.2) is 22.8 Å². The number of nitrogens with zero attached hydrogens (tertiary/aromatic N) is 1. The van der Waals surface area contributed by atoms with E-state index >= 15 is 0 Å². The van der Waals surface area contributed by atoms with Gasteiger partial charge in [-0.25, -0.2) is 0 Å². The van der Waals surface area contributed by atoms with Gasteiger partial charge in [-0.3, -0.25) is 9.59 Å². The van der Waals surface area contributed by atoms with Crippen LogP contribution in [0.2, 0.25) is 0 Å². The number of nitrogens with one attached hydrogen (secondary N) is 1. The van der Waals surface area contributed by atoms with E-state index in [1.807, 2.05) is 12.3 Å². The van der Waals surface area contributed by atoms with Crippen LogP contribution in [0.4, 0.5) is 0 Å². The van der Waals surface area contributed by atoms with Crippen molar-refractivity contribution in [3.8, 4) is 0 Å². The summed E-state index contributed by atoms with van der Waals surface area (Å²) in [5, 5.41) is 2.83. The molecule has 0 radical (unpaired) electrons. The van der Waals surface area contributed by atoms with Crippen LogP contribution in [-0.2, 0) is 11.2 Å². The fourth-order valence-electron chi connectivity index (χ4n) is 2.68. The van der Waals surface area contributed by atoms with Crippen LogP contribution >= 0.6 is 0 Å². The molecule has 4 heteroatoms. The number of carbonyl (C=O) groups excluding carboxylic acids is 2. The Morgan fingerprint density at radius 2 is 2.19 bits per heavy atom. The van der Waals surface area contributed by atoms with E-state index in [2.05, 4.69) is 9.88 Å². The molecule has 0 spiro atoms. The third kappa shape index (κ3) is 1.37. The lowest BCUT2D eigenvalue weighted by Gasteiger charge is -2.18. The molecule has 1 aromatic rings. The minimum atomic E-state index is 0.106. The molecule has 1 aromatic heterocycles. The maximum Gasteiger partial charge on any atom is 0.222 e. The summed E-state index contributed by atoms with van der Waals surface area (Å²) in [5.74, 6) is 0.354. The number of rotatable bonds is 1. The predicted molar refractivity (Wildman–Crippen MR) is 58.4 cm³/mol. The second-order valence-electron chi connectivity index (χ2n) is 4.52. The third-order valence-electron chi connectivity index (χ3n) is 3.49. The number of aromatic nitrogens is 1. The number of ketones is 1. The van der Waals surface area contributed by atoms with Gasteiger partial charge in [-0.1, -0.05) is 0 Å². The van der Waals surface area contributed by atoms with E-state index in [0.29, 0.717) is 19.4 Å². The molecular formula is C12H14N2O2. The molecule has 1 fully saturated rings. The average Bonchev–Trinajstić information content (AvgIpc) is 2.84. The molecule has 3 rings (SSSR count). The summed E-state index contributed by atoms with van der Waals surface area (Å²) in [6.07, 6.45) is 5.05. The molecule has 1 unspecified atom stereocenters. The quantitative estimate of drug-likeness (QED) is 0.766. The van der Waals surface area contributed by atoms with E-state index in [-0.39, 0.29) is 17.7 Å². The first kappa shape index (κ1) is 9.63. The number of hydrogen-bond donors (Lipinski definition) is 1. The lowest BCUT2D eigenvalue weighted by atomic mass is 9.96. The van der Waals surface area contributed by atoms with E-state index in [9.17, 15) is 9.59 Å². The Hall–Kier alpha value is -1.58. The van der Waals surface area contributed by atoms with Crippen LogP contribution in [0.25, 0.3) is 0 Å². The predicted octanol–water partition coefficient (Wildman–Crippen LogP) is 1.07. The van der Waals surface area contributed by atoms with Crippen LogP contribution in [0.15, 0.2) is 12.3 Å². The third-order valence-corrected chi connectivity index (χ3v) is 3.49. The van der Waals surface area contributed by atoms with Crippen molar-refractivity contribution in [3.63, 3.8) is 0 Å². The van der Waals surface area contributed by atoms with Gasteiger partial charge in [-0.15, -0.1) is 0 Å². The van der Waals surface area contributed by atoms with Gasteiger partial charge in [0.2, 0.25) is 5.91 Å². The highest BCUT2D eigenvalue weighted by molar-refractivity contribution is 5.98. The molecule has 0 aromatic carbocycles. The molecule has 2 heterocycles. The summed E-state index contributed by atoms with van der Waals surface area (Å²) in [6, 6.07) is 2.10. The first-order chi connectivity index (χ1) is 7.75. The Bertz CT molecular complexity index is 462. The second-order valence-corrected chi connectivity index (χ2v) is 4.52. The number of Topliss-reactive ketones (excluding diaryl/α,β-unsaturated/α-hetero) is 1. The van der Waals surface area contributed by atoms with E-state index in [4.69, 9.17) is 0 Å². The first-order valence-corrected chi connectivity index (χ1v) is 5.75. The lowest BCUT2D eigenvalue weighted by Crippen LogP contribution is -2.18. The van der Waals surface area contributed by atoms with Gasteiger partial charge in [0, 0.05) is 36.8 Å².